The molecule has 1 aromatic carbocycles. The van der Waals surface area contributed by atoms with Crippen LogP contribution in [-0.2, 0) is 4.79 Å². The van der Waals surface area contributed by atoms with Gasteiger partial charge in [-0.25, -0.2) is 0 Å². The van der Waals surface area contributed by atoms with Crippen LogP contribution in [0.1, 0.15) is 24.3 Å². The van der Waals surface area contributed by atoms with Gasteiger partial charge in [0.15, 0.2) is 0 Å². The standard InChI is InChI=1S/C18H16N2O2/c1-14(15-7-3-2-4-8-15)20-18(21)16(13-19)9-5-10-17-11-6-12-22-17/h2-12,14H,1H3,(H,20,21)/b10-5+,16-9-. The summed E-state index contributed by atoms with van der Waals surface area (Å²) < 4.78 is 5.13. The highest BCUT2D eigenvalue weighted by Gasteiger charge is 2.12. The van der Waals surface area contributed by atoms with Crippen molar-refractivity contribution in [3.05, 3.63) is 77.8 Å². The van der Waals surface area contributed by atoms with Gasteiger partial charge in [0.05, 0.1) is 12.3 Å². The Labute approximate surface area is 129 Å². The molecule has 4 heteroatoms. The van der Waals surface area contributed by atoms with Gasteiger partial charge < -0.3 is 9.73 Å². The van der Waals surface area contributed by atoms with Gasteiger partial charge in [-0.2, -0.15) is 5.26 Å². The van der Waals surface area contributed by atoms with Crippen molar-refractivity contribution < 1.29 is 9.21 Å². The predicted molar refractivity (Wildman–Crippen MR) is 84.4 cm³/mol. The Kier molecular flexibility index (Phi) is 5.33. The largest absolute Gasteiger partial charge is 0.465 e. The summed E-state index contributed by atoms with van der Waals surface area (Å²) in [4.78, 5) is 12.1. The number of rotatable bonds is 5. The van der Waals surface area contributed by atoms with Gasteiger partial charge in [0, 0.05) is 0 Å². The Balaban J connectivity index is 2.01. The number of hydrogen-bond donors (Lipinski definition) is 1. The number of furan rings is 1. The second-order valence-corrected chi connectivity index (χ2v) is 4.67. The minimum Gasteiger partial charge on any atom is -0.465 e. The maximum atomic E-state index is 12.1. The number of carbonyl (C=O) groups is 1. The van der Waals surface area contributed by atoms with E-state index in [0.29, 0.717) is 5.76 Å². The quantitative estimate of drug-likeness (QED) is 0.520. The van der Waals surface area contributed by atoms with Crippen LogP contribution in [0, 0.1) is 11.3 Å². The molecule has 0 bridgehead atoms. The highest BCUT2D eigenvalue weighted by atomic mass is 16.3. The van der Waals surface area contributed by atoms with E-state index in [4.69, 9.17) is 9.68 Å². The van der Waals surface area contributed by atoms with Gasteiger partial charge in [0.2, 0.25) is 0 Å². The number of carbonyl (C=O) groups excluding carboxylic acids is 1. The third kappa shape index (κ3) is 4.22. The highest BCUT2D eigenvalue weighted by Crippen LogP contribution is 2.12. The fourth-order valence-corrected chi connectivity index (χ4v) is 1.89. The number of amides is 1. The van der Waals surface area contributed by atoms with Crippen molar-refractivity contribution in [3.63, 3.8) is 0 Å². The van der Waals surface area contributed by atoms with E-state index >= 15 is 0 Å². The molecule has 2 rings (SSSR count). The smallest absolute Gasteiger partial charge is 0.262 e. The van der Waals surface area contributed by atoms with E-state index in [2.05, 4.69) is 5.32 Å². The van der Waals surface area contributed by atoms with Gasteiger partial charge in [-0.3, -0.25) is 4.79 Å². The lowest BCUT2D eigenvalue weighted by atomic mass is 10.1. The Hall–Kier alpha value is -3.06. The molecule has 0 saturated carbocycles. The van der Waals surface area contributed by atoms with Gasteiger partial charge in [0.1, 0.15) is 17.4 Å². The fraction of sp³-hybridized carbons (Fsp3) is 0.111. The van der Waals surface area contributed by atoms with Gasteiger partial charge in [-0.05, 0) is 36.8 Å². The van der Waals surface area contributed by atoms with Crippen molar-refractivity contribution in [2.45, 2.75) is 13.0 Å². The van der Waals surface area contributed by atoms with E-state index in [-0.39, 0.29) is 11.6 Å². The molecule has 1 unspecified atom stereocenters. The molecule has 1 amide bonds. The van der Waals surface area contributed by atoms with Crippen molar-refractivity contribution in [2.75, 3.05) is 0 Å². The van der Waals surface area contributed by atoms with Crippen LogP contribution in [0.2, 0.25) is 0 Å². The van der Waals surface area contributed by atoms with Crippen LogP contribution in [0.25, 0.3) is 6.08 Å². The third-order valence-corrected chi connectivity index (χ3v) is 3.08. The number of allylic oxidation sites excluding steroid dienone is 2. The second kappa shape index (κ2) is 7.65. The topological polar surface area (TPSA) is 66.0 Å². The van der Waals surface area contributed by atoms with Crippen molar-refractivity contribution in [3.8, 4) is 6.07 Å². The van der Waals surface area contributed by atoms with Crippen LogP contribution in [-0.4, -0.2) is 5.91 Å². The molecule has 0 aliphatic heterocycles. The molecule has 0 aliphatic carbocycles. The first-order valence-corrected chi connectivity index (χ1v) is 6.88. The SMILES string of the molecule is CC(NC(=O)/C(C#N)=C\C=C\c1ccco1)c1ccccc1. The molecular formula is C18H16N2O2. The van der Waals surface area contributed by atoms with Crippen LogP contribution >= 0.6 is 0 Å². The Morgan fingerprint density at radius 2 is 2.05 bits per heavy atom. The molecule has 22 heavy (non-hydrogen) atoms. The number of nitriles is 1. The van der Waals surface area contributed by atoms with Gasteiger partial charge in [0.25, 0.3) is 5.91 Å². The highest BCUT2D eigenvalue weighted by molar-refractivity contribution is 5.97. The first-order chi connectivity index (χ1) is 10.7. The van der Waals surface area contributed by atoms with Gasteiger partial charge in [-0.1, -0.05) is 36.4 Å². The number of hydrogen-bond acceptors (Lipinski definition) is 3. The van der Waals surface area contributed by atoms with Gasteiger partial charge in [-0.15, -0.1) is 0 Å². The summed E-state index contributed by atoms with van der Waals surface area (Å²) in [6, 6.07) is 14.9. The minimum absolute atomic E-state index is 0.0468. The average Bonchev–Trinajstić information content (AvgIpc) is 3.05. The van der Waals surface area contributed by atoms with E-state index in [0.717, 1.165) is 5.56 Å². The van der Waals surface area contributed by atoms with Crippen LogP contribution in [0.3, 0.4) is 0 Å². The summed E-state index contributed by atoms with van der Waals surface area (Å²) in [6.07, 6.45) is 6.33. The van der Waals surface area contributed by atoms with Crippen LogP contribution in [0.15, 0.2) is 70.9 Å². The molecule has 0 aliphatic rings. The molecule has 1 aromatic heterocycles. The van der Waals surface area contributed by atoms with Crippen molar-refractivity contribution in [1.82, 2.24) is 5.32 Å². The molecule has 0 saturated heterocycles. The lowest BCUT2D eigenvalue weighted by Gasteiger charge is -2.13. The molecule has 110 valence electrons. The zero-order valence-electron chi connectivity index (χ0n) is 12.2. The third-order valence-electron chi connectivity index (χ3n) is 3.08. The molecule has 2 aromatic rings. The summed E-state index contributed by atoms with van der Waals surface area (Å²) in [5, 5.41) is 11.9. The normalized spacial score (nSPS) is 12.8. The molecule has 0 spiro atoms. The lowest BCUT2D eigenvalue weighted by Crippen LogP contribution is -2.27. The van der Waals surface area contributed by atoms with Crippen LogP contribution in [0.4, 0.5) is 0 Å². The minimum atomic E-state index is -0.400. The Morgan fingerprint density at radius 3 is 2.68 bits per heavy atom. The maximum absolute atomic E-state index is 12.1. The summed E-state index contributed by atoms with van der Waals surface area (Å²) in [5.41, 5.74) is 1.03. The zero-order chi connectivity index (χ0) is 15.8. The van der Waals surface area contributed by atoms with Crippen LogP contribution < -0.4 is 5.32 Å². The monoisotopic (exact) mass is 292 g/mol. The number of nitrogens with zero attached hydrogens (tertiary/aromatic N) is 1. The van der Waals surface area contributed by atoms with E-state index < -0.39 is 5.91 Å². The Bertz CT molecular complexity index is 707. The number of nitrogens with one attached hydrogen (secondary N) is 1. The van der Waals surface area contributed by atoms with Crippen molar-refractivity contribution in [1.29, 1.82) is 5.26 Å². The zero-order valence-corrected chi connectivity index (χ0v) is 12.2. The summed E-state index contributed by atoms with van der Waals surface area (Å²) >= 11 is 0. The number of benzene rings is 1. The fourth-order valence-electron chi connectivity index (χ4n) is 1.89. The average molecular weight is 292 g/mol. The lowest BCUT2D eigenvalue weighted by molar-refractivity contribution is -0.117. The van der Waals surface area contributed by atoms with E-state index in [9.17, 15) is 4.79 Å². The van der Waals surface area contributed by atoms with E-state index in [1.54, 1.807) is 30.5 Å². The Morgan fingerprint density at radius 1 is 1.27 bits per heavy atom. The molecule has 1 N–H and O–H groups in total. The van der Waals surface area contributed by atoms with Crippen LogP contribution in [0.5, 0.6) is 0 Å². The molecule has 0 radical (unpaired) electrons. The molecule has 4 nitrogen and oxygen atoms in total. The first kappa shape index (κ1) is 15.3. The summed E-state index contributed by atoms with van der Waals surface area (Å²) in [6.45, 7) is 1.88. The summed E-state index contributed by atoms with van der Waals surface area (Å²) in [7, 11) is 0. The van der Waals surface area contributed by atoms with E-state index in [1.165, 1.54) is 6.08 Å². The van der Waals surface area contributed by atoms with Crippen molar-refractivity contribution >= 4 is 12.0 Å². The molecule has 1 atom stereocenters. The van der Waals surface area contributed by atoms with Crippen molar-refractivity contribution in [2.24, 2.45) is 0 Å². The molecule has 1 heterocycles. The summed E-state index contributed by atoms with van der Waals surface area (Å²) in [5.74, 6) is 0.259. The second-order valence-electron chi connectivity index (χ2n) is 4.67. The maximum Gasteiger partial charge on any atom is 0.262 e. The van der Waals surface area contributed by atoms with E-state index in [1.807, 2.05) is 43.3 Å². The molecule has 0 fully saturated rings. The van der Waals surface area contributed by atoms with Gasteiger partial charge >= 0.3 is 0 Å². The predicted octanol–water partition coefficient (Wildman–Crippen LogP) is 3.62. The molecular weight excluding hydrogens is 276 g/mol. The first-order valence-electron chi connectivity index (χ1n) is 6.88.